The lowest BCUT2D eigenvalue weighted by Crippen LogP contribution is -2.50. The normalized spacial score (nSPS) is 12.2. The maximum Gasteiger partial charge on any atom is 0.249 e. The van der Waals surface area contributed by atoms with Gasteiger partial charge in [-0.15, -0.1) is 5.10 Å². The summed E-state index contributed by atoms with van der Waals surface area (Å²) in [6, 6.07) is 16.5. The molecule has 0 aliphatic heterocycles. The molecule has 1 atom stereocenters. The van der Waals surface area contributed by atoms with Gasteiger partial charge in [0.1, 0.15) is 35.4 Å². The van der Waals surface area contributed by atoms with Crippen LogP contribution >= 0.6 is 0 Å². The second-order valence-corrected chi connectivity index (χ2v) is 9.73. The van der Waals surface area contributed by atoms with Gasteiger partial charge in [0.25, 0.3) is 0 Å². The molecule has 0 aliphatic carbocycles. The zero-order valence-corrected chi connectivity index (χ0v) is 21.9. The van der Waals surface area contributed by atoms with Crippen molar-refractivity contribution >= 4 is 28.5 Å². The number of benzene rings is 3. The largest absolute Gasteiger partial charge is 0.497 e. The summed E-state index contributed by atoms with van der Waals surface area (Å²) in [6.07, 6.45) is 0. The van der Waals surface area contributed by atoms with E-state index in [0.717, 1.165) is 0 Å². The third-order valence-corrected chi connectivity index (χ3v) is 5.81. The van der Waals surface area contributed by atoms with Crippen molar-refractivity contribution in [1.29, 1.82) is 0 Å². The molecular weight excluding hydrogens is 489 g/mol. The van der Waals surface area contributed by atoms with Crippen molar-refractivity contribution in [3.8, 4) is 11.5 Å². The number of amides is 2. The molecule has 0 saturated heterocycles. The topological polar surface area (TPSA) is 98.6 Å². The number of rotatable bonds is 8. The highest BCUT2D eigenvalue weighted by Gasteiger charge is 2.37. The van der Waals surface area contributed by atoms with E-state index >= 15 is 0 Å². The zero-order chi connectivity index (χ0) is 27.4. The Kier molecular flexibility index (Phi) is 7.61. The lowest BCUT2D eigenvalue weighted by atomic mass is 9.99. The van der Waals surface area contributed by atoms with Crippen molar-refractivity contribution < 1.29 is 23.5 Å². The molecule has 1 heterocycles. The second-order valence-electron chi connectivity index (χ2n) is 9.73. The van der Waals surface area contributed by atoms with Gasteiger partial charge in [-0.3, -0.25) is 14.5 Å². The van der Waals surface area contributed by atoms with Crippen LogP contribution in [0.1, 0.15) is 32.4 Å². The summed E-state index contributed by atoms with van der Waals surface area (Å²) in [4.78, 5) is 29.3. The average Bonchev–Trinajstić information content (AvgIpc) is 3.29. The second kappa shape index (κ2) is 10.9. The molecule has 9 nitrogen and oxygen atoms in total. The number of nitrogens with zero attached hydrogens (tertiary/aromatic N) is 4. The van der Waals surface area contributed by atoms with Gasteiger partial charge in [0.15, 0.2) is 0 Å². The van der Waals surface area contributed by atoms with E-state index in [2.05, 4.69) is 15.6 Å². The van der Waals surface area contributed by atoms with Crippen LogP contribution in [0.4, 0.5) is 10.1 Å². The molecule has 2 amide bonds. The van der Waals surface area contributed by atoms with Crippen LogP contribution in [0.15, 0.2) is 66.7 Å². The van der Waals surface area contributed by atoms with Crippen molar-refractivity contribution in [1.82, 2.24) is 20.3 Å². The number of aromatic nitrogens is 3. The Morgan fingerprint density at radius 2 is 1.74 bits per heavy atom. The fraction of sp³-hybridized carbons (Fsp3) is 0.286. The molecule has 198 valence electrons. The van der Waals surface area contributed by atoms with Gasteiger partial charge in [-0.05, 0) is 75.4 Å². The van der Waals surface area contributed by atoms with Crippen LogP contribution in [0, 0.1) is 5.82 Å². The number of fused-ring (bicyclic) bond motifs is 1. The average molecular weight is 520 g/mol. The Balaban J connectivity index is 1.89. The number of carbonyl (C=O) groups excluding carboxylic acids is 2. The zero-order valence-electron chi connectivity index (χ0n) is 21.9. The molecule has 0 bridgehead atoms. The van der Waals surface area contributed by atoms with Gasteiger partial charge in [0.2, 0.25) is 11.8 Å². The molecule has 0 aliphatic rings. The summed E-state index contributed by atoms with van der Waals surface area (Å²) >= 11 is 0. The van der Waals surface area contributed by atoms with Crippen LogP contribution in [0.2, 0.25) is 0 Å². The number of halogens is 1. The lowest BCUT2D eigenvalue weighted by molar-refractivity contribution is -0.128. The minimum absolute atomic E-state index is 0.219. The highest BCUT2D eigenvalue weighted by molar-refractivity contribution is 6.02. The van der Waals surface area contributed by atoms with E-state index in [1.807, 2.05) is 32.9 Å². The van der Waals surface area contributed by atoms with Crippen molar-refractivity contribution in [2.45, 2.75) is 38.9 Å². The maximum atomic E-state index is 14.1. The fourth-order valence-corrected chi connectivity index (χ4v) is 4.17. The SMILES string of the molecule is COc1ccc(OC)c([C@H](C(=O)NC(C)(C)C)N(C(=O)Cn2nnc3ccccc32)c2ccc(F)cc2)c1. The van der Waals surface area contributed by atoms with Crippen molar-refractivity contribution in [2.24, 2.45) is 0 Å². The molecule has 0 radical (unpaired) electrons. The number of hydrogen-bond donors (Lipinski definition) is 1. The lowest BCUT2D eigenvalue weighted by Gasteiger charge is -2.34. The Morgan fingerprint density at radius 1 is 1.03 bits per heavy atom. The smallest absolute Gasteiger partial charge is 0.249 e. The van der Waals surface area contributed by atoms with Crippen LogP contribution < -0.4 is 19.7 Å². The molecule has 3 aromatic carbocycles. The number of hydrogen-bond acceptors (Lipinski definition) is 6. The van der Waals surface area contributed by atoms with E-state index in [4.69, 9.17) is 9.47 Å². The molecule has 4 rings (SSSR count). The van der Waals surface area contributed by atoms with Gasteiger partial charge < -0.3 is 14.8 Å². The minimum Gasteiger partial charge on any atom is -0.497 e. The Bertz CT molecular complexity index is 1450. The van der Waals surface area contributed by atoms with E-state index in [1.54, 1.807) is 30.3 Å². The number of para-hydroxylation sites is 1. The third kappa shape index (κ3) is 5.74. The number of ether oxygens (including phenoxy) is 2. The Labute approximate surface area is 220 Å². The number of anilines is 1. The van der Waals surface area contributed by atoms with Crippen molar-refractivity contribution in [2.75, 3.05) is 19.1 Å². The molecule has 0 saturated carbocycles. The van der Waals surface area contributed by atoms with E-state index in [9.17, 15) is 14.0 Å². The Hall–Kier alpha value is -4.47. The van der Waals surface area contributed by atoms with Crippen molar-refractivity contribution in [3.63, 3.8) is 0 Å². The maximum absolute atomic E-state index is 14.1. The highest BCUT2D eigenvalue weighted by Crippen LogP contribution is 2.36. The molecule has 4 aromatic rings. The quantitative estimate of drug-likeness (QED) is 0.373. The molecule has 10 heteroatoms. The molecule has 38 heavy (non-hydrogen) atoms. The summed E-state index contributed by atoms with van der Waals surface area (Å²) in [5.41, 5.74) is 1.40. The Morgan fingerprint density at radius 3 is 2.39 bits per heavy atom. The number of nitrogens with one attached hydrogen (secondary N) is 1. The van der Waals surface area contributed by atoms with E-state index in [0.29, 0.717) is 33.8 Å². The van der Waals surface area contributed by atoms with E-state index in [-0.39, 0.29) is 6.54 Å². The first-order valence-corrected chi connectivity index (χ1v) is 12.0. The third-order valence-electron chi connectivity index (χ3n) is 5.81. The summed E-state index contributed by atoms with van der Waals surface area (Å²) in [5, 5.41) is 11.2. The van der Waals surface area contributed by atoms with Crippen LogP contribution in [0.3, 0.4) is 0 Å². The minimum atomic E-state index is -1.19. The number of methoxy groups -OCH3 is 2. The fourth-order valence-electron chi connectivity index (χ4n) is 4.17. The predicted molar refractivity (Wildman–Crippen MR) is 142 cm³/mol. The van der Waals surface area contributed by atoms with E-state index in [1.165, 1.54) is 48.1 Å². The van der Waals surface area contributed by atoms with Gasteiger partial charge in [-0.25, -0.2) is 9.07 Å². The first kappa shape index (κ1) is 26.6. The first-order valence-electron chi connectivity index (χ1n) is 12.0. The molecular formula is C28H30FN5O4. The monoisotopic (exact) mass is 519 g/mol. The van der Waals surface area contributed by atoms with Crippen LogP contribution in [-0.2, 0) is 16.1 Å². The number of carbonyl (C=O) groups is 2. The molecule has 1 aromatic heterocycles. The van der Waals surface area contributed by atoms with Gasteiger partial charge in [-0.2, -0.15) is 0 Å². The summed E-state index contributed by atoms with van der Waals surface area (Å²) in [6.45, 7) is 5.31. The van der Waals surface area contributed by atoms with Gasteiger partial charge in [0, 0.05) is 16.8 Å². The van der Waals surface area contributed by atoms with E-state index < -0.39 is 29.2 Å². The van der Waals surface area contributed by atoms with Crippen molar-refractivity contribution in [3.05, 3.63) is 78.1 Å². The van der Waals surface area contributed by atoms with Gasteiger partial charge in [-0.1, -0.05) is 17.3 Å². The van der Waals surface area contributed by atoms with Crippen LogP contribution in [0.5, 0.6) is 11.5 Å². The van der Waals surface area contributed by atoms with Gasteiger partial charge in [0.05, 0.1) is 19.7 Å². The summed E-state index contributed by atoms with van der Waals surface area (Å²) in [7, 11) is 2.99. The highest BCUT2D eigenvalue weighted by atomic mass is 19.1. The summed E-state index contributed by atoms with van der Waals surface area (Å²) < 4.78 is 26.4. The molecule has 0 unspecified atom stereocenters. The summed E-state index contributed by atoms with van der Waals surface area (Å²) in [5.74, 6) is -0.538. The predicted octanol–water partition coefficient (Wildman–Crippen LogP) is 4.28. The van der Waals surface area contributed by atoms with Gasteiger partial charge >= 0.3 is 0 Å². The molecule has 0 fully saturated rings. The standard InChI is InChI=1S/C28H30FN5O4/c1-28(2,3)30-27(36)26(21-16-20(37-4)14-15-24(21)38-5)34(19-12-10-18(29)11-13-19)25(35)17-33-23-9-7-6-8-22(23)31-32-33/h6-16,26H,17H2,1-5H3,(H,30,36)/t26-/m1/s1. The molecule has 1 N–H and O–H groups in total. The molecule has 0 spiro atoms. The first-order chi connectivity index (χ1) is 18.1. The van der Waals surface area contributed by atoms with Crippen LogP contribution in [0.25, 0.3) is 11.0 Å². The van der Waals surface area contributed by atoms with Crippen LogP contribution in [-0.4, -0.2) is 46.6 Å².